The molecule has 0 saturated carbocycles. The number of sulfonamides is 1. The molecule has 2 saturated heterocycles. The minimum atomic E-state index is -4.06. The van der Waals surface area contributed by atoms with Gasteiger partial charge in [-0.15, -0.1) is 0 Å². The standard InChI is InChI=1S/C37H46N2O10S/c1-25(2)21-39(50(42,43)29-14-15-33-34(20-29)48-24-47-33)22-32(40)31(38-37(41)49-35-23-46-36-30(35)16-18-45-36)19-27-10-12-28(13-11-27)44-17-6-9-26-7-4-3-5-8-26/h3-5,7-8,10-15,20,25,30-32,35-36,40H,6,9,16-19,21-24H2,1-2H3,(H,38,41)/t30-,31-,32+,35+,36+/m0/s1. The number of benzene rings is 3. The van der Waals surface area contributed by atoms with Gasteiger partial charge in [0.25, 0.3) is 0 Å². The van der Waals surface area contributed by atoms with Gasteiger partial charge in [0, 0.05) is 19.2 Å². The highest BCUT2D eigenvalue weighted by Gasteiger charge is 2.44. The second-order valence-electron chi connectivity index (χ2n) is 13.3. The average Bonchev–Trinajstić information content (AvgIpc) is 3.86. The van der Waals surface area contributed by atoms with Crippen molar-refractivity contribution in [3.63, 3.8) is 0 Å². The van der Waals surface area contributed by atoms with Crippen molar-refractivity contribution in [2.75, 3.05) is 39.7 Å². The van der Waals surface area contributed by atoms with Crippen LogP contribution in [-0.2, 0) is 37.1 Å². The number of alkyl carbamates (subject to hydrolysis) is 1. The van der Waals surface area contributed by atoms with Gasteiger partial charge >= 0.3 is 6.09 Å². The fourth-order valence-electron chi connectivity index (χ4n) is 6.44. The number of nitrogens with zero attached hydrogens (tertiary/aromatic N) is 1. The predicted octanol–water partition coefficient (Wildman–Crippen LogP) is 4.53. The zero-order chi connectivity index (χ0) is 35.1. The molecule has 0 unspecified atom stereocenters. The third-order valence-corrected chi connectivity index (χ3v) is 10.9. The topological polar surface area (TPSA) is 142 Å². The highest BCUT2D eigenvalue weighted by atomic mass is 32.2. The first-order valence-corrected chi connectivity index (χ1v) is 18.6. The molecule has 13 heteroatoms. The minimum Gasteiger partial charge on any atom is -0.494 e. The average molecular weight is 711 g/mol. The normalized spacial score (nSPS) is 20.9. The molecule has 50 heavy (non-hydrogen) atoms. The molecule has 6 rings (SSSR count). The third-order valence-electron chi connectivity index (χ3n) is 9.05. The Hall–Kier alpha value is -3.88. The van der Waals surface area contributed by atoms with Gasteiger partial charge in [-0.05, 0) is 67.0 Å². The number of ether oxygens (including phenoxy) is 6. The number of fused-ring (bicyclic) bond motifs is 2. The lowest BCUT2D eigenvalue weighted by Crippen LogP contribution is -2.51. The third kappa shape index (κ3) is 9.07. The highest BCUT2D eigenvalue weighted by molar-refractivity contribution is 7.89. The molecule has 0 aliphatic carbocycles. The number of aliphatic hydroxyl groups is 1. The minimum absolute atomic E-state index is 0.0134. The lowest BCUT2D eigenvalue weighted by atomic mass is 10.0. The number of aryl methyl sites for hydroxylation is 1. The summed E-state index contributed by atoms with van der Waals surface area (Å²) in [6.45, 7) is 5.00. The van der Waals surface area contributed by atoms with Gasteiger partial charge in [-0.3, -0.25) is 0 Å². The Balaban J connectivity index is 1.14. The van der Waals surface area contributed by atoms with Gasteiger partial charge in [-0.1, -0.05) is 56.3 Å². The lowest BCUT2D eigenvalue weighted by Gasteiger charge is -2.31. The Morgan fingerprint density at radius 2 is 1.76 bits per heavy atom. The van der Waals surface area contributed by atoms with Gasteiger partial charge in [0.05, 0.1) is 42.8 Å². The monoisotopic (exact) mass is 710 g/mol. The van der Waals surface area contributed by atoms with Crippen LogP contribution in [0.5, 0.6) is 17.2 Å². The van der Waals surface area contributed by atoms with E-state index in [1.807, 2.05) is 56.3 Å². The van der Waals surface area contributed by atoms with E-state index in [1.165, 1.54) is 22.0 Å². The molecule has 2 N–H and O–H groups in total. The number of hydrogen-bond acceptors (Lipinski definition) is 10. The maximum absolute atomic E-state index is 13.9. The van der Waals surface area contributed by atoms with E-state index in [9.17, 15) is 18.3 Å². The van der Waals surface area contributed by atoms with Crippen molar-refractivity contribution >= 4 is 16.1 Å². The largest absolute Gasteiger partial charge is 0.494 e. The Kier molecular flexibility index (Phi) is 11.8. The van der Waals surface area contributed by atoms with Crippen LogP contribution >= 0.6 is 0 Å². The summed E-state index contributed by atoms with van der Waals surface area (Å²) in [7, 11) is -4.06. The van der Waals surface area contributed by atoms with E-state index >= 15 is 0 Å². The molecule has 5 atom stereocenters. The fourth-order valence-corrected chi connectivity index (χ4v) is 8.08. The zero-order valence-electron chi connectivity index (χ0n) is 28.4. The highest BCUT2D eigenvalue weighted by Crippen LogP contribution is 2.35. The van der Waals surface area contributed by atoms with Crippen LogP contribution in [-0.4, -0.2) is 88.2 Å². The second-order valence-corrected chi connectivity index (χ2v) is 15.2. The van der Waals surface area contributed by atoms with Crippen molar-refractivity contribution in [2.24, 2.45) is 11.8 Å². The van der Waals surface area contributed by atoms with Gasteiger partial charge in [-0.25, -0.2) is 13.2 Å². The molecular weight excluding hydrogens is 664 g/mol. The van der Waals surface area contributed by atoms with Crippen molar-refractivity contribution in [3.05, 3.63) is 83.9 Å². The SMILES string of the molecule is CC(C)CN(C[C@@H](O)[C@H](Cc1ccc(OCCCc2ccccc2)cc1)NC(=O)O[C@@H]1CO[C@H]2OCC[C@H]21)S(=O)(=O)c1ccc2c(c1)OCO2. The lowest BCUT2D eigenvalue weighted by molar-refractivity contribution is -0.0907. The smallest absolute Gasteiger partial charge is 0.407 e. The summed E-state index contributed by atoms with van der Waals surface area (Å²) >= 11 is 0. The summed E-state index contributed by atoms with van der Waals surface area (Å²) in [5.41, 5.74) is 2.07. The number of hydrogen-bond donors (Lipinski definition) is 2. The maximum Gasteiger partial charge on any atom is 0.407 e. The Bertz CT molecular complexity index is 1670. The number of carbonyl (C=O) groups is 1. The van der Waals surface area contributed by atoms with Crippen molar-refractivity contribution in [1.29, 1.82) is 0 Å². The summed E-state index contributed by atoms with van der Waals surface area (Å²) in [4.78, 5) is 13.3. The van der Waals surface area contributed by atoms with E-state index in [0.29, 0.717) is 30.5 Å². The van der Waals surface area contributed by atoms with Crippen LogP contribution in [0.25, 0.3) is 0 Å². The fraction of sp³-hybridized carbons (Fsp3) is 0.486. The summed E-state index contributed by atoms with van der Waals surface area (Å²) in [6.07, 6.45) is -0.170. The zero-order valence-corrected chi connectivity index (χ0v) is 29.3. The van der Waals surface area contributed by atoms with E-state index in [-0.39, 0.29) is 55.9 Å². The van der Waals surface area contributed by atoms with Crippen LogP contribution in [0.3, 0.4) is 0 Å². The van der Waals surface area contributed by atoms with E-state index in [1.54, 1.807) is 6.07 Å². The molecule has 3 aliphatic rings. The van der Waals surface area contributed by atoms with Crippen molar-refractivity contribution < 1.29 is 46.7 Å². The molecular formula is C37H46N2O10S. The molecule has 1 amide bonds. The van der Waals surface area contributed by atoms with Crippen molar-refractivity contribution in [3.8, 4) is 17.2 Å². The van der Waals surface area contributed by atoms with Crippen molar-refractivity contribution in [2.45, 2.75) is 69.0 Å². The van der Waals surface area contributed by atoms with E-state index < -0.39 is 34.4 Å². The first kappa shape index (κ1) is 35.9. The second kappa shape index (κ2) is 16.4. The van der Waals surface area contributed by atoms with E-state index in [4.69, 9.17) is 28.4 Å². The summed E-state index contributed by atoms with van der Waals surface area (Å²) in [6, 6.07) is 21.3. The van der Waals surface area contributed by atoms with Gasteiger partial charge < -0.3 is 38.8 Å². The summed E-state index contributed by atoms with van der Waals surface area (Å²) in [5, 5.41) is 14.5. The number of rotatable bonds is 16. The van der Waals surface area contributed by atoms with Crippen LogP contribution in [0.1, 0.15) is 37.8 Å². The van der Waals surface area contributed by atoms with Crippen LogP contribution in [0.4, 0.5) is 4.79 Å². The van der Waals surface area contributed by atoms with Crippen LogP contribution in [0, 0.1) is 11.8 Å². The Morgan fingerprint density at radius 3 is 2.54 bits per heavy atom. The van der Waals surface area contributed by atoms with Crippen LogP contribution in [0.15, 0.2) is 77.7 Å². The van der Waals surface area contributed by atoms with Crippen molar-refractivity contribution in [1.82, 2.24) is 9.62 Å². The van der Waals surface area contributed by atoms with E-state index in [2.05, 4.69) is 17.4 Å². The molecule has 0 radical (unpaired) electrons. The number of carbonyl (C=O) groups excluding carboxylic acids is 1. The molecule has 0 bridgehead atoms. The molecule has 3 aromatic carbocycles. The van der Waals surface area contributed by atoms with E-state index in [0.717, 1.165) is 24.8 Å². The molecule has 0 spiro atoms. The number of amides is 1. The summed E-state index contributed by atoms with van der Waals surface area (Å²) < 4.78 is 62.8. The molecule has 0 aromatic heterocycles. The van der Waals surface area contributed by atoms with Crippen LogP contribution in [0.2, 0.25) is 0 Å². The Morgan fingerprint density at radius 1 is 0.980 bits per heavy atom. The van der Waals surface area contributed by atoms with Gasteiger partial charge in [0.1, 0.15) is 11.9 Å². The molecule has 3 aliphatic heterocycles. The van der Waals surface area contributed by atoms with Gasteiger partial charge in [-0.2, -0.15) is 4.31 Å². The molecule has 2 fully saturated rings. The predicted molar refractivity (Wildman–Crippen MR) is 184 cm³/mol. The molecule has 270 valence electrons. The van der Waals surface area contributed by atoms with Gasteiger partial charge in [0.2, 0.25) is 16.8 Å². The quantitative estimate of drug-likeness (QED) is 0.204. The molecule has 3 heterocycles. The first-order chi connectivity index (χ1) is 24.2. The van der Waals surface area contributed by atoms with Crippen LogP contribution < -0.4 is 19.5 Å². The number of nitrogens with one attached hydrogen (secondary N) is 1. The maximum atomic E-state index is 13.9. The van der Waals surface area contributed by atoms with Gasteiger partial charge in [0.15, 0.2) is 17.8 Å². The Labute approximate surface area is 293 Å². The number of aliphatic hydroxyl groups excluding tert-OH is 1. The molecule has 12 nitrogen and oxygen atoms in total. The molecule has 3 aromatic rings. The summed E-state index contributed by atoms with van der Waals surface area (Å²) in [5.74, 6) is 1.41. The first-order valence-electron chi connectivity index (χ1n) is 17.2.